The van der Waals surface area contributed by atoms with Gasteiger partial charge in [0.1, 0.15) is 17.5 Å². The number of halogens is 3. The molecule has 68 heavy (non-hydrogen) atoms. The first-order chi connectivity index (χ1) is 32.8. The second-order valence-electron chi connectivity index (χ2n) is 15.7. The Morgan fingerprint density at radius 1 is 0.824 bits per heavy atom. The fraction of sp³-hybridized carbons (Fsp3) is 0.314. The number of fused-ring (bicyclic) bond motifs is 1. The van der Waals surface area contributed by atoms with Crippen LogP contribution in [0, 0.1) is 13.8 Å². The van der Waals surface area contributed by atoms with Crippen LogP contribution in [0.3, 0.4) is 0 Å². The van der Waals surface area contributed by atoms with Gasteiger partial charge in [-0.2, -0.15) is 13.2 Å². The minimum absolute atomic E-state index is 0.106. The monoisotopic (exact) mass is 939 g/mol. The third kappa shape index (κ3) is 16.1. The van der Waals surface area contributed by atoms with Gasteiger partial charge in [0, 0.05) is 42.0 Å². The standard InChI is InChI=1S/C33H43N5O8.C18H13F3O/c1-24-9-10-30(32(42)37-24)38(23-40)33(43)28-7-4-8-29(25(28)2)35-11-13-44-15-17-46-18-16-45-14-12-36-31(41)20-26-5-3-6-27(19-26)21-34-22-39;1-12-5-10-16-13(11-12)3-2-4-17(16)22-15-8-6-14(7-9-15)18(19,20)21/h3-8,19,22-23,30,35H,1,9-18,20-21H2,2H3,(H,34,39)(H,36,41)(H,37,42);2-11H,1H3. The van der Waals surface area contributed by atoms with Gasteiger partial charge in [0.25, 0.3) is 5.91 Å². The molecule has 6 rings (SSSR count). The lowest BCUT2D eigenvalue weighted by Crippen LogP contribution is -2.51. The van der Waals surface area contributed by atoms with E-state index in [4.69, 9.17) is 18.9 Å². The zero-order valence-corrected chi connectivity index (χ0v) is 38.0. The van der Waals surface area contributed by atoms with Crippen molar-refractivity contribution in [3.8, 4) is 11.5 Å². The molecule has 1 saturated heterocycles. The first kappa shape index (κ1) is 51.9. The minimum Gasteiger partial charge on any atom is -0.457 e. The third-order valence-corrected chi connectivity index (χ3v) is 10.6. The second-order valence-corrected chi connectivity index (χ2v) is 15.7. The lowest BCUT2D eigenvalue weighted by molar-refractivity contribution is -0.137. The Hall–Kier alpha value is -7.08. The average Bonchev–Trinajstić information content (AvgIpc) is 3.31. The van der Waals surface area contributed by atoms with Gasteiger partial charge >= 0.3 is 6.18 Å². The first-order valence-electron chi connectivity index (χ1n) is 22.0. The molecule has 0 aromatic heterocycles. The summed E-state index contributed by atoms with van der Waals surface area (Å²) in [4.78, 5) is 60.8. The van der Waals surface area contributed by atoms with Gasteiger partial charge in [-0.15, -0.1) is 0 Å². The zero-order chi connectivity index (χ0) is 48.9. The van der Waals surface area contributed by atoms with Crippen LogP contribution in [-0.2, 0) is 52.5 Å². The summed E-state index contributed by atoms with van der Waals surface area (Å²) in [5.41, 5.74) is 4.55. The van der Waals surface area contributed by atoms with Gasteiger partial charge in [-0.3, -0.25) is 28.9 Å². The molecular formula is C51H56F3N5O9. The van der Waals surface area contributed by atoms with Crippen molar-refractivity contribution in [3.05, 3.63) is 149 Å². The van der Waals surface area contributed by atoms with Gasteiger partial charge in [-0.25, -0.2) is 0 Å². The highest BCUT2D eigenvalue weighted by Crippen LogP contribution is 2.34. The van der Waals surface area contributed by atoms with Crippen LogP contribution in [0.5, 0.6) is 11.5 Å². The number of carbonyl (C=O) groups is 5. The number of aryl methyl sites for hydroxylation is 1. The molecule has 1 unspecified atom stereocenters. The molecular weight excluding hydrogens is 884 g/mol. The number of alkyl halides is 3. The first-order valence-corrected chi connectivity index (χ1v) is 22.0. The van der Waals surface area contributed by atoms with Crippen LogP contribution in [0.4, 0.5) is 18.9 Å². The Bertz CT molecular complexity index is 2500. The number of rotatable bonds is 23. The number of benzene rings is 5. The van der Waals surface area contributed by atoms with Crippen molar-refractivity contribution < 1.29 is 56.1 Å². The molecule has 5 aromatic carbocycles. The zero-order valence-electron chi connectivity index (χ0n) is 38.0. The Balaban J connectivity index is 0.000000324. The van der Waals surface area contributed by atoms with Gasteiger partial charge in [-0.05, 0) is 91.2 Å². The number of ether oxygens (including phenoxy) is 4. The van der Waals surface area contributed by atoms with E-state index in [1.54, 1.807) is 25.1 Å². The molecule has 5 amide bonds. The van der Waals surface area contributed by atoms with Crippen LogP contribution in [0.1, 0.15) is 51.0 Å². The van der Waals surface area contributed by atoms with Crippen molar-refractivity contribution in [2.75, 3.05) is 58.0 Å². The van der Waals surface area contributed by atoms with Crippen molar-refractivity contribution in [3.63, 3.8) is 0 Å². The third-order valence-electron chi connectivity index (χ3n) is 10.6. The summed E-state index contributed by atoms with van der Waals surface area (Å²) >= 11 is 0. The van der Waals surface area contributed by atoms with Gasteiger partial charge < -0.3 is 40.2 Å². The molecule has 1 atom stereocenters. The molecule has 0 radical (unpaired) electrons. The maximum Gasteiger partial charge on any atom is 0.416 e. The summed E-state index contributed by atoms with van der Waals surface area (Å²) in [6.45, 7) is 11.2. The van der Waals surface area contributed by atoms with Crippen LogP contribution in [0.25, 0.3) is 10.8 Å². The van der Waals surface area contributed by atoms with E-state index in [2.05, 4.69) is 27.8 Å². The number of imide groups is 1. The molecule has 0 spiro atoms. The summed E-state index contributed by atoms with van der Waals surface area (Å²) in [5, 5.41) is 13.2. The van der Waals surface area contributed by atoms with Crippen molar-refractivity contribution in [1.82, 2.24) is 20.9 Å². The van der Waals surface area contributed by atoms with E-state index in [9.17, 15) is 37.1 Å². The number of hydrogen-bond acceptors (Lipinski definition) is 10. The number of nitrogens with zero attached hydrogens (tertiary/aromatic N) is 1. The number of hydrogen-bond donors (Lipinski definition) is 4. The Kier molecular flexibility index (Phi) is 20.1. The molecule has 1 aliphatic rings. The van der Waals surface area contributed by atoms with Gasteiger partial charge in [0.15, 0.2) is 0 Å². The minimum atomic E-state index is -4.34. The lowest BCUT2D eigenvalue weighted by Gasteiger charge is -2.30. The normalized spacial score (nSPS) is 13.4. The Morgan fingerprint density at radius 2 is 1.50 bits per heavy atom. The number of allylic oxidation sites excluding steroid dienone is 1. The summed E-state index contributed by atoms with van der Waals surface area (Å²) in [7, 11) is 0. The molecule has 5 aromatic rings. The van der Waals surface area contributed by atoms with Crippen LogP contribution in [0.15, 0.2) is 115 Å². The van der Waals surface area contributed by atoms with Gasteiger partial charge in [0.2, 0.25) is 24.6 Å². The summed E-state index contributed by atoms with van der Waals surface area (Å²) in [6.07, 6.45) is -2.21. The van der Waals surface area contributed by atoms with E-state index in [0.29, 0.717) is 113 Å². The van der Waals surface area contributed by atoms with Gasteiger partial charge in [-0.1, -0.05) is 72.8 Å². The van der Waals surface area contributed by atoms with E-state index in [-0.39, 0.29) is 12.3 Å². The van der Waals surface area contributed by atoms with E-state index < -0.39 is 29.6 Å². The summed E-state index contributed by atoms with van der Waals surface area (Å²) in [6, 6.07) is 28.1. The number of carbonyl (C=O) groups excluding carboxylic acids is 5. The molecule has 17 heteroatoms. The maximum absolute atomic E-state index is 13.2. The molecule has 0 bridgehead atoms. The molecule has 4 N–H and O–H groups in total. The SMILES string of the molecule is C=C1CCC(N(C=O)C(=O)c2cccc(NCCOCCOCCOCCNC(=O)Cc3cccc(CNC=O)c3)c2C)C(=O)N1.Cc1ccc2c(Oc3ccc(C(F)(F)F)cc3)cccc2c1. The van der Waals surface area contributed by atoms with Crippen LogP contribution < -0.4 is 26.0 Å². The van der Waals surface area contributed by atoms with E-state index in [1.165, 1.54) is 12.1 Å². The average molecular weight is 940 g/mol. The van der Waals surface area contributed by atoms with Crippen LogP contribution in [-0.4, -0.2) is 94.2 Å². The molecule has 1 heterocycles. The molecule has 0 saturated carbocycles. The highest BCUT2D eigenvalue weighted by atomic mass is 19.4. The second kappa shape index (κ2) is 26.3. The highest BCUT2D eigenvalue weighted by molar-refractivity contribution is 6.05. The fourth-order valence-electron chi connectivity index (χ4n) is 7.11. The van der Waals surface area contributed by atoms with Crippen molar-refractivity contribution >= 4 is 47.0 Å². The van der Waals surface area contributed by atoms with Crippen molar-refractivity contribution in [1.29, 1.82) is 0 Å². The number of nitrogens with one attached hydrogen (secondary N) is 4. The topological polar surface area (TPSA) is 174 Å². The molecule has 1 fully saturated rings. The largest absolute Gasteiger partial charge is 0.457 e. The Morgan fingerprint density at radius 3 is 2.19 bits per heavy atom. The van der Waals surface area contributed by atoms with Gasteiger partial charge in [0.05, 0.1) is 51.6 Å². The fourth-order valence-corrected chi connectivity index (χ4v) is 7.11. The lowest BCUT2D eigenvalue weighted by atomic mass is 10.0. The van der Waals surface area contributed by atoms with Crippen molar-refractivity contribution in [2.45, 2.75) is 51.9 Å². The highest BCUT2D eigenvalue weighted by Gasteiger charge is 2.34. The van der Waals surface area contributed by atoms with E-state index >= 15 is 0 Å². The quantitative estimate of drug-likeness (QED) is 0.0382. The van der Waals surface area contributed by atoms with E-state index in [1.807, 2.05) is 67.6 Å². The van der Waals surface area contributed by atoms with Crippen molar-refractivity contribution in [2.24, 2.45) is 0 Å². The number of amides is 5. The smallest absolute Gasteiger partial charge is 0.416 e. The molecule has 1 aliphatic heterocycles. The maximum atomic E-state index is 13.2. The van der Waals surface area contributed by atoms with Crippen LogP contribution >= 0.6 is 0 Å². The summed E-state index contributed by atoms with van der Waals surface area (Å²) < 4.78 is 60.0. The summed E-state index contributed by atoms with van der Waals surface area (Å²) in [5.74, 6) is -0.0577. The Labute approximate surface area is 393 Å². The van der Waals surface area contributed by atoms with Crippen LogP contribution in [0.2, 0.25) is 0 Å². The predicted octanol–water partition coefficient (Wildman–Crippen LogP) is 7.41. The molecule has 360 valence electrons. The number of piperidine rings is 1. The predicted molar refractivity (Wildman–Crippen MR) is 251 cm³/mol. The molecule has 0 aliphatic carbocycles. The number of anilines is 1. The van der Waals surface area contributed by atoms with E-state index in [0.717, 1.165) is 50.2 Å². The molecule has 14 nitrogen and oxygen atoms in total.